The van der Waals surface area contributed by atoms with Crippen molar-refractivity contribution in [2.45, 2.75) is 19.6 Å². The highest BCUT2D eigenvalue weighted by Crippen LogP contribution is 2.29. The van der Waals surface area contributed by atoms with E-state index in [-0.39, 0.29) is 18.3 Å². The van der Waals surface area contributed by atoms with Gasteiger partial charge in [0.25, 0.3) is 5.56 Å². The standard InChI is InChI=1S/C10H7ClF3N3O2/c1-5-15-8(16-19-5)4-17-3-6(10(12,13)14)2-7(11)9(17)18/h2-3H,4H2,1H3. The van der Waals surface area contributed by atoms with Gasteiger partial charge in [-0.05, 0) is 6.07 Å². The zero-order chi connectivity index (χ0) is 14.2. The number of nitrogens with zero attached hydrogens (tertiary/aromatic N) is 3. The molecule has 0 amide bonds. The van der Waals surface area contributed by atoms with E-state index in [2.05, 4.69) is 14.7 Å². The second-order valence-electron chi connectivity index (χ2n) is 3.74. The predicted octanol–water partition coefficient (Wildman–Crippen LogP) is 2.26. The summed E-state index contributed by atoms with van der Waals surface area (Å²) in [6.07, 6.45) is -3.92. The first kappa shape index (κ1) is 13.6. The molecule has 0 saturated heterocycles. The van der Waals surface area contributed by atoms with Crippen molar-refractivity contribution in [2.75, 3.05) is 0 Å². The second-order valence-corrected chi connectivity index (χ2v) is 4.14. The van der Waals surface area contributed by atoms with Gasteiger partial charge in [-0.15, -0.1) is 0 Å². The molecule has 0 atom stereocenters. The van der Waals surface area contributed by atoms with Gasteiger partial charge in [-0.1, -0.05) is 16.8 Å². The number of aryl methyl sites for hydroxylation is 1. The maximum atomic E-state index is 12.6. The summed E-state index contributed by atoms with van der Waals surface area (Å²) < 4.78 is 43.3. The maximum absolute atomic E-state index is 12.6. The normalized spacial score (nSPS) is 11.8. The second kappa shape index (κ2) is 4.69. The molecule has 0 aliphatic heterocycles. The van der Waals surface area contributed by atoms with E-state index in [1.165, 1.54) is 6.92 Å². The van der Waals surface area contributed by atoms with Crippen molar-refractivity contribution in [3.8, 4) is 0 Å². The quantitative estimate of drug-likeness (QED) is 0.852. The summed E-state index contributed by atoms with van der Waals surface area (Å²) in [4.78, 5) is 15.4. The molecule has 2 heterocycles. The largest absolute Gasteiger partial charge is 0.417 e. The summed E-state index contributed by atoms with van der Waals surface area (Å²) in [6, 6.07) is 0.585. The number of hydrogen-bond donors (Lipinski definition) is 0. The fraction of sp³-hybridized carbons (Fsp3) is 0.300. The minimum absolute atomic E-state index is 0.0926. The molecule has 0 N–H and O–H groups in total. The number of hydrogen-bond acceptors (Lipinski definition) is 4. The summed E-state index contributed by atoms with van der Waals surface area (Å²) >= 11 is 5.50. The highest BCUT2D eigenvalue weighted by Gasteiger charge is 2.32. The summed E-state index contributed by atoms with van der Waals surface area (Å²) in [5.74, 6) is 0.344. The summed E-state index contributed by atoms with van der Waals surface area (Å²) in [5, 5.41) is 2.99. The summed E-state index contributed by atoms with van der Waals surface area (Å²) in [7, 11) is 0. The monoisotopic (exact) mass is 293 g/mol. The first-order valence-electron chi connectivity index (χ1n) is 5.04. The fourth-order valence-electron chi connectivity index (χ4n) is 1.43. The Bertz CT molecular complexity index is 663. The van der Waals surface area contributed by atoms with Crippen LogP contribution in [-0.2, 0) is 12.7 Å². The van der Waals surface area contributed by atoms with Crippen LogP contribution in [0.25, 0.3) is 0 Å². The van der Waals surface area contributed by atoms with Crippen molar-refractivity contribution >= 4 is 11.6 Å². The third-order valence-corrected chi connectivity index (χ3v) is 2.52. The van der Waals surface area contributed by atoms with Gasteiger partial charge in [-0.25, -0.2) is 0 Å². The van der Waals surface area contributed by atoms with Gasteiger partial charge in [-0.3, -0.25) is 4.79 Å². The Labute approximate surface area is 109 Å². The van der Waals surface area contributed by atoms with Crippen LogP contribution in [0.15, 0.2) is 21.6 Å². The van der Waals surface area contributed by atoms with Crippen LogP contribution in [0.1, 0.15) is 17.3 Å². The van der Waals surface area contributed by atoms with Gasteiger partial charge in [0.1, 0.15) is 5.02 Å². The van der Waals surface area contributed by atoms with Gasteiger partial charge in [-0.2, -0.15) is 18.2 Å². The van der Waals surface area contributed by atoms with Crippen LogP contribution < -0.4 is 5.56 Å². The lowest BCUT2D eigenvalue weighted by molar-refractivity contribution is -0.138. The van der Waals surface area contributed by atoms with E-state index >= 15 is 0 Å². The average Bonchev–Trinajstić information content (AvgIpc) is 2.69. The molecule has 0 aromatic carbocycles. The van der Waals surface area contributed by atoms with E-state index in [0.29, 0.717) is 12.3 Å². The molecule has 9 heteroatoms. The molecular formula is C10H7ClF3N3O2. The lowest BCUT2D eigenvalue weighted by Crippen LogP contribution is -2.23. The van der Waals surface area contributed by atoms with Gasteiger partial charge in [0.2, 0.25) is 5.89 Å². The molecule has 0 spiro atoms. The third kappa shape index (κ3) is 2.95. The third-order valence-electron chi connectivity index (χ3n) is 2.25. The lowest BCUT2D eigenvalue weighted by atomic mass is 10.2. The molecule has 0 unspecified atom stereocenters. The zero-order valence-corrected chi connectivity index (χ0v) is 10.3. The minimum atomic E-state index is -4.59. The number of rotatable bonds is 2. The molecule has 19 heavy (non-hydrogen) atoms. The highest BCUT2D eigenvalue weighted by atomic mass is 35.5. The Morgan fingerprint density at radius 2 is 2.16 bits per heavy atom. The van der Waals surface area contributed by atoms with Gasteiger partial charge in [0.05, 0.1) is 12.1 Å². The van der Waals surface area contributed by atoms with Crippen molar-refractivity contribution in [1.29, 1.82) is 0 Å². The molecule has 2 rings (SSSR count). The molecule has 0 aliphatic rings. The molecule has 0 radical (unpaired) electrons. The van der Waals surface area contributed by atoms with Crippen LogP contribution in [0.2, 0.25) is 5.02 Å². The topological polar surface area (TPSA) is 60.9 Å². The van der Waals surface area contributed by atoms with Crippen molar-refractivity contribution in [3.63, 3.8) is 0 Å². The van der Waals surface area contributed by atoms with E-state index < -0.39 is 22.3 Å². The van der Waals surface area contributed by atoms with E-state index in [9.17, 15) is 18.0 Å². The van der Waals surface area contributed by atoms with Crippen LogP contribution in [0, 0.1) is 6.92 Å². The van der Waals surface area contributed by atoms with Gasteiger partial charge in [0.15, 0.2) is 5.82 Å². The Morgan fingerprint density at radius 1 is 1.47 bits per heavy atom. The molecule has 0 bridgehead atoms. The van der Waals surface area contributed by atoms with Crippen molar-refractivity contribution in [1.82, 2.24) is 14.7 Å². The minimum Gasteiger partial charge on any atom is -0.340 e. The predicted molar refractivity (Wildman–Crippen MR) is 58.9 cm³/mol. The Kier molecular flexibility index (Phi) is 3.36. The van der Waals surface area contributed by atoms with Crippen molar-refractivity contribution in [3.05, 3.63) is 44.9 Å². The fourth-order valence-corrected chi connectivity index (χ4v) is 1.66. The Hall–Kier alpha value is -1.83. The van der Waals surface area contributed by atoms with Crippen LogP contribution in [0.4, 0.5) is 13.2 Å². The summed E-state index contributed by atoms with van der Waals surface area (Å²) in [6.45, 7) is 1.28. The van der Waals surface area contributed by atoms with Crippen LogP contribution in [-0.4, -0.2) is 14.7 Å². The molecule has 2 aromatic heterocycles. The number of aromatic nitrogens is 3. The van der Waals surface area contributed by atoms with Gasteiger partial charge < -0.3 is 9.09 Å². The van der Waals surface area contributed by atoms with E-state index in [1.807, 2.05) is 0 Å². The molecule has 0 aliphatic carbocycles. The summed E-state index contributed by atoms with van der Waals surface area (Å²) in [5.41, 5.74) is -1.77. The SMILES string of the molecule is Cc1nc(Cn2cc(C(F)(F)F)cc(Cl)c2=O)no1. The van der Waals surface area contributed by atoms with Crippen molar-refractivity contribution in [2.24, 2.45) is 0 Å². The number of halogens is 4. The number of alkyl halides is 3. The van der Waals surface area contributed by atoms with Crippen LogP contribution >= 0.6 is 11.6 Å². The Morgan fingerprint density at radius 3 is 2.68 bits per heavy atom. The van der Waals surface area contributed by atoms with Crippen LogP contribution in [0.5, 0.6) is 0 Å². The zero-order valence-electron chi connectivity index (χ0n) is 9.53. The van der Waals surface area contributed by atoms with Crippen molar-refractivity contribution < 1.29 is 17.7 Å². The van der Waals surface area contributed by atoms with Gasteiger partial charge >= 0.3 is 6.18 Å². The molecule has 0 fully saturated rings. The molecule has 5 nitrogen and oxygen atoms in total. The smallest absolute Gasteiger partial charge is 0.340 e. The molecule has 2 aromatic rings. The van der Waals surface area contributed by atoms with E-state index in [4.69, 9.17) is 11.6 Å². The molecular weight excluding hydrogens is 287 g/mol. The van der Waals surface area contributed by atoms with Gasteiger partial charge in [0, 0.05) is 13.1 Å². The maximum Gasteiger partial charge on any atom is 0.417 e. The van der Waals surface area contributed by atoms with E-state index in [1.54, 1.807) is 0 Å². The first-order valence-corrected chi connectivity index (χ1v) is 5.41. The first-order chi connectivity index (χ1) is 8.77. The van der Waals surface area contributed by atoms with E-state index in [0.717, 1.165) is 4.57 Å². The highest BCUT2D eigenvalue weighted by molar-refractivity contribution is 6.30. The average molecular weight is 294 g/mol. The Balaban J connectivity index is 2.45. The number of pyridine rings is 1. The molecule has 0 saturated carbocycles. The molecule has 102 valence electrons. The van der Waals surface area contributed by atoms with Crippen LogP contribution in [0.3, 0.4) is 0 Å². The lowest BCUT2D eigenvalue weighted by Gasteiger charge is -2.10.